The smallest absolute Gasteiger partial charge is 0.310 e. The number of carbonyl (C=O) groups is 1. The molecule has 0 radical (unpaired) electrons. The van der Waals surface area contributed by atoms with Crippen molar-refractivity contribution in [3.8, 4) is 0 Å². The normalized spacial score (nSPS) is 42.3. The number of rotatable bonds is 2. The average Bonchev–Trinajstić information content (AvgIpc) is 2.74. The van der Waals surface area contributed by atoms with Crippen LogP contribution in [-0.2, 0) is 9.53 Å². The Morgan fingerprint density at radius 2 is 2.15 bits per heavy atom. The van der Waals surface area contributed by atoms with Crippen LogP contribution in [0.25, 0.3) is 0 Å². The highest BCUT2D eigenvalue weighted by Crippen LogP contribution is 2.48. The molecule has 2 rings (SSSR count). The molecule has 74 valence electrons. The molecule has 2 bridgehead atoms. The van der Waals surface area contributed by atoms with Crippen LogP contribution in [0.5, 0.6) is 0 Å². The number of nitrogens with one attached hydrogen (secondary N) is 1. The number of fused-ring (bicyclic) bond motifs is 2. The molecule has 2 aliphatic rings. The van der Waals surface area contributed by atoms with E-state index in [4.69, 9.17) is 16.5 Å². The Kier molecular flexibility index (Phi) is 2.47. The molecule has 0 amide bonds. The van der Waals surface area contributed by atoms with Crippen molar-refractivity contribution in [3.63, 3.8) is 0 Å². The van der Waals surface area contributed by atoms with Gasteiger partial charge in [-0.1, -0.05) is 0 Å². The lowest BCUT2D eigenvalue weighted by atomic mass is 9.85. The lowest BCUT2D eigenvalue weighted by Gasteiger charge is -2.27. The van der Waals surface area contributed by atoms with Crippen molar-refractivity contribution in [1.29, 1.82) is 0 Å². The van der Waals surface area contributed by atoms with E-state index in [0.717, 1.165) is 12.8 Å². The summed E-state index contributed by atoms with van der Waals surface area (Å²) < 4.78 is 4.78. The van der Waals surface area contributed by atoms with Crippen LogP contribution in [0, 0.1) is 17.8 Å². The zero-order valence-corrected chi connectivity index (χ0v) is 8.38. The minimum absolute atomic E-state index is 0.0127. The van der Waals surface area contributed by atoms with E-state index in [2.05, 4.69) is 4.84 Å². The van der Waals surface area contributed by atoms with Gasteiger partial charge in [-0.25, -0.2) is 4.84 Å². The van der Waals surface area contributed by atoms with Gasteiger partial charge in [-0.15, -0.1) is 0 Å². The molecule has 4 atom stereocenters. The van der Waals surface area contributed by atoms with Gasteiger partial charge in [0.25, 0.3) is 0 Å². The zero-order valence-electron chi connectivity index (χ0n) is 7.63. The third-order valence-corrected chi connectivity index (χ3v) is 3.77. The summed E-state index contributed by atoms with van der Waals surface area (Å²) in [5, 5.41) is 0. The van der Waals surface area contributed by atoms with Gasteiger partial charge >= 0.3 is 5.97 Å². The summed E-state index contributed by atoms with van der Waals surface area (Å²) in [6.45, 7) is 0. The molecule has 0 saturated heterocycles. The molecule has 3 nitrogen and oxygen atoms in total. The first kappa shape index (κ1) is 9.28. The first-order valence-corrected chi connectivity index (χ1v) is 5.09. The molecular weight excluding hydrogens is 190 g/mol. The van der Waals surface area contributed by atoms with E-state index < -0.39 is 0 Å². The summed E-state index contributed by atoms with van der Waals surface area (Å²) in [5.41, 5.74) is 0. The van der Waals surface area contributed by atoms with Gasteiger partial charge in [-0.2, -0.15) is 0 Å². The van der Waals surface area contributed by atoms with Crippen molar-refractivity contribution in [2.75, 3.05) is 7.11 Å². The molecule has 13 heavy (non-hydrogen) atoms. The van der Waals surface area contributed by atoms with Crippen molar-refractivity contribution in [1.82, 2.24) is 4.84 Å². The van der Waals surface area contributed by atoms with E-state index in [1.807, 2.05) is 0 Å². The molecule has 1 N–H and O–H groups in total. The van der Waals surface area contributed by atoms with Crippen LogP contribution in [0.2, 0.25) is 0 Å². The first-order valence-electron chi connectivity index (χ1n) is 4.72. The lowest BCUT2D eigenvalue weighted by Crippen LogP contribution is -2.40. The maximum Gasteiger partial charge on any atom is 0.310 e. The number of esters is 1. The molecular formula is C9H14ClNO2. The molecule has 4 heteroatoms. The first-order chi connectivity index (χ1) is 6.27. The molecule has 2 fully saturated rings. The van der Waals surface area contributed by atoms with Crippen LogP contribution >= 0.6 is 11.8 Å². The second-order valence-corrected chi connectivity index (χ2v) is 4.24. The fourth-order valence-corrected chi connectivity index (χ4v) is 3.24. The SMILES string of the molecule is COC(=O)[C@@H]1C2CCC(C2)[C@H]1NCl. The predicted molar refractivity (Wildman–Crippen MR) is 49.1 cm³/mol. The molecule has 2 unspecified atom stereocenters. The largest absolute Gasteiger partial charge is 0.469 e. The Balaban J connectivity index is 2.13. The fraction of sp³-hybridized carbons (Fsp3) is 0.889. The van der Waals surface area contributed by atoms with Crippen LogP contribution in [0.3, 0.4) is 0 Å². The maximum atomic E-state index is 11.5. The average molecular weight is 204 g/mol. The summed E-state index contributed by atoms with van der Waals surface area (Å²) in [4.78, 5) is 14.2. The Morgan fingerprint density at radius 1 is 1.46 bits per heavy atom. The van der Waals surface area contributed by atoms with Crippen molar-refractivity contribution in [2.24, 2.45) is 17.8 Å². The Labute approximate surface area is 82.9 Å². The number of carbonyl (C=O) groups excluding carboxylic acids is 1. The van der Waals surface area contributed by atoms with Gasteiger partial charge in [0, 0.05) is 6.04 Å². The summed E-state index contributed by atoms with van der Waals surface area (Å²) in [6, 6.07) is 0.132. The second kappa shape index (κ2) is 3.46. The van der Waals surface area contributed by atoms with E-state index in [0.29, 0.717) is 11.8 Å². The van der Waals surface area contributed by atoms with Gasteiger partial charge in [0.1, 0.15) is 0 Å². The molecule has 0 aromatic rings. The van der Waals surface area contributed by atoms with Crippen LogP contribution in [-0.4, -0.2) is 19.1 Å². The molecule has 0 heterocycles. The van der Waals surface area contributed by atoms with E-state index in [1.54, 1.807) is 0 Å². The van der Waals surface area contributed by atoms with Gasteiger partial charge in [-0.05, 0) is 42.9 Å². The van der Waals surface area contributed by atoms with E-state index >= 15 is 0 Å². The Bertz CT molecular complexity index is 222. The molecule has 0 aromatic carbocycles. The quantitative estimate of drug-likeness (QED) is 0.544. The minimum atomic E-state index is -0.106. The zero-order chi connectivity index (χ0) is 9.42. The molecule has 0 spiro atoms. The Morgan fingerprint density at radius 3 is 2.77 bits per heavy atom. The van der Waals surface area contributed by atoms with Gasteiger partial charge in [0.15, 0.2) is 0 Å². The van der Waals surface area contributed by atoms with E-state index in [9.17, 15) is 4.79 Å². The molecule has 0 aliphatic heterocycles. The van der Waals surface area contributed by atoms with Crippen molar-refractivity contribution in [2.45, 2.75) is 25.3 Å². The van der Waals surface area contributed by atoms with Gasteiger partial charge in [-0.3, -0.25) is 4.79 Å². The summed E-state index contributed by atoms with van der Waals surface area (Å²) in [7, 11) is 1.44. The lowest BCUT2D eigenvalue weighted by molar-refractivity contribution is -0.148. The van der Waals surface area contributed by atoms with Gasteiger partial charge < -0.3 is 4.74 Å². The summed E-state index contributed by atoms with van der Waals surface area (Å²) in [6.07, 6.45) is 3.48. The monoisotopic (exact) mass is 203 g/mol. The van der Waals surface area contributed by atoms with Crippen LogP contribution in [0.15, 0.2) is 0 Å². The van der Waals surface area contributed by atoms with Gasteiger partial charge in [0.2, 0.25) is 0 Å². The highest BCUT2D eigenvalue weighted by molar-refractivity contribution is 6.13. The topological polar surface area (TPSA) is 38.3 Å². The summed E-state index contributed by atoms with van der Waals surface area (Å²) >= 11 is 5.64. The number of ether oxygens (including phenoxy) is 1. The summed E-state index contributed by atoms with van der Waals surface area (Å²) in [5.74, 6) is 0.951. The highest BCUT2D eigenvalue weighted by Gasteiger charge is 2.51. The van der Waals surface area contributed by atoms with E-state index in [-0.39, 0.29) is 17.9 Å². The van der Waals surface area contributed by atoms with Crippen molar-refractivity contribution < 1.29 is 9.53 Å². The standard InChI is InChI=1S/C9H14ClNO2/c1-13-9(12)7-5-2-3-6(4-5)8(7)11-10/h5-8,11H,2-4H2,1H3/t5?,6?,7-,8-/m1/s1. The van der Waals surface area contributed by atoms with Gasteiger partial charge in [0.05, 0.1) is 13.0 Å². The van der Waals surface area contributed by atoms with Crippen LogP contribution in [0.1, 0.15) is 19.3 Å². The second-order valence-electron chi connectivity index (χ2n) is 4.02. The highest BCUT2D eigenvalue weighted by atomic mass is 35.5. The van der Waals surface area contributed by atoms with Crippen LogP contribution < -0.4 is 4.84 Å². The Hall–Kier alpha value is -0.280. The predicted octanol–water partition coefficient (Wildman–Crippen LogP) is 1.32. The van der Waals surface area contributed by atoms with Crippen molar-refractivity contribution in [3.05, 3.63) is 0 Å². The molecule has 0 aromatic heterocycles. The third-order valence-electron chi connectivity index (χ3n) is 3.52. The fourth-order valence-electron chi connectivity index (χ4n) is 2.92. The van der Waals surface area contributed by atoms with Crippen LogP contribution in [0.4, 0.5) is 0 Å². The third kappa shape index (κ3) is 1.34. The number of halogens is 1. The molecule has 2 aliphatic carbocycles. The number of hydrogen-bond donors (Lipinski definition) is 1. The number of methoxy groups -OCH3 is 1. The van der Waals surface area contributed by atoms with E-state index in [1.165, 1.54) is 13.5 Å². The van der Waals surface area contributed by atoms with Crippen molar-refractivity contribution >= 4 is 17.7 Å². The minimum Gasteiger partial charge on any atom is -0.469 e. The maximum absolute atomic E-state index is 11.5. The number of hydrogen-bond acceptors (Lipinski definition) is 3. The molecule has 2 saturated carbocycles.